The smallest absolute Gasteiger partial charge is 0.408 e. The van der Waals surface area contributed by atoms with E-state index in [9.17, 15) is 19.5 Å². The highest BCUT2D eigenvalue weighted by molar-refractivity contribution is 5.91. The topological polar surface area (TPSA) is 95.9 Å². The van der Waals surface area contributed by atoms with Crippen molar-refractivity contribution in [2.45, 2.75) is 62.4 Å². The quantitative estimate of drug-likeness (QED) is 0.667. The fourth-order valence-electron chi connectivity index (χ4n) is 5.71. The van der Waals surface area contributed by atoms with Crippen LogP contribution >= 0.6 is 0 Å². The second-order valence-electron chi connectivity index (χ2n) is 9.63. The van der Waals surface area contributed by atoms with Crippen molar-refractivity contribution in [2.75, 3.05) is 13.2 Å². The van der Waals surface area contributed by atoms with E-state index >= 15 is 0 Å². The molecular formula is C27H30N2O5. The molecule has 0 bridgehead atoms. The molecule has 1 aliphatic heterocycles. The predicted octanol–water partition coefficient (Wildman–Crippen LogP) is 4.30. The summed E-state index contributed by atoms with van der Waals surface area (Å²) in [6.45, 7) is 0.723. The highest BCUT2D eigenvalue weighted by Crippen LogP contribution is 2.44. The number of hydrogen-bond donors (Lipinski definition) is 2. The molecule has 2 aliphatic carbocycles. The number of aliphatic carboxylic acids is 1. The Labute approximate surface area is 199 Å². The van der Waals surface area contributed by atoms with E-state index in [1.54, 1.807) is 4.90 Å². The Kier molecular flexibility index (Phi) is 6.02. The predicted molar refractivity (Wildman–Crippen MR) is 126 cm³/mol. The molecule has 7 nitrogen and oxygen atoms in total. The second kappa shape index (κ2) is 9.12. The van der Waals surface area contributed by atoms with Gasteiger partial charge in [0, 0.05) is 18.5 Å². The van der Waals surface area contributed by atoms with Gasteiger partial charge in [0.2, 0.25) is 5.91 Å². The summed E-state index contributed by atoms with van der Waals surface area (Å²) in [6, 6.07) is 16.0. The molecule has 178 valence electrons. The summed E-state index contributed by atoms with van der Waals surface area (Å²) in [5, 5.41) is 12.1. The molecule has 2 fully saturated rings. The van der Waals surface area contributed by atoms with Crippen LogP contribution < -0.4 is 5.32 Å². The molecule has 2 N–H and O–H groups in total. The number of likely N-dealkylation sites (tertiary alicyclic amines) is 1. The number of alkyl carbamates (subject to hydrolysis) is 1. The van der Waals surface area contributed by atoms with Gasteiger partial charge in [-0.2, -0.15) is 0 Å². The summed E-state index contributed by atoms with van der Waals surface area (Å²) in [4.78, 5) is 39.3. The number of amides is 2. The number of hydrogen-bond acceptors (Lipinski definition) is 4. The number of nitrogens with zero attached hydrogens (tertiary/aromatic N) is 1. The summed E-state index contributed by atoms with van der Waals surface area (Å²) in [5.74, 6) is -1.12. The minimum Gasteiger partial charge on any atom is -0.481 e. The molecule has 1 saturated carbocycles. The SMILES string of the molecule is O=C(O)CC1CCCCN1C(=O)C1(NC(=O)OCC2c3ccccc3-c3ccccc32)CCC1. The van der Waals surface area contributed by atoms with Crippen LogP contribution in [0.25, 0.3) is 11.1 Å². The molecule has 0 aromatic heterocycles. The maximum absolute atomic E-state index is 13.5. The number of fused-ring (bicyclic) bond motifs is 3. The number of benzene rings is 2. The van der Waals surface area contributed by atoms with Gasteiger partial charge in [-0.05, 0) is 60.8 Å². The fraction of sp³-hybridized carbons (Fsp3) is 0.444. The van der Waals surface area contributed by atoms with E-state index in [2.05, 4.69) is 29.6 Å². The first-order valence-corrected chi connectivity index (χ1v) is 12.1. The van der Waals surface area contributed by atoms with Crippen LogP contribution in [0.4, 0.5) is 4.79 Å². The van der Waals surface area contributed by atoms with E-state index in [-0.39, 0.29) is 30.9 Å². The molecule has 2 amide bonds. The average Bonchev–Trinajstić information content (AvgIpc) is 3.13. The molecule has 5 rings (SSSR count). The van der Waals surface area contributed by atoms with Gasteiger partial charge in [-0.25, -0.2) is 4.79 Å². The van der Waals surface area contributed by atoms with E-state index in [0.717, 1.165) is 41.5 Å². The third kappa shape index (κ3) is 4.04. The lowest BCUT2D eigenvalue weighted by atomic mass is 9.75. The van der Waals surface area contributed by atoms with Crippen molar-refractivity contribution in [1.29, 1.82) is 0 Å². The van der Waals surface area contributed by atoms with Crippen LogP contribution in [0.3, 0.4) is 0 Å². The standard InChI is InChI=1S/C27H30N2O5/c30-24(31)16-18-8-5-6-15-29(18)25(32)27(13-7-14-27)28-26(33)34-17-23-21-11-3-1-9-19(21)20-10-2-4-12-22(20)23/h1-4,9-12,18,23H,5-8,13-17H2,(H,28,33)(H,30,31). The van der Waals surface area contributed by atoms with Crippen molar-refractivity contribution >= 4 is 18.0 Å². The monoisotopic (exact) mass is 462 g/mol. The van der Waals surface area contributed by atoms with Crippen LogP contribution in [0, 0.1) is 0 Å². The Balaban J connectivity index is 1.27. The summed E-state index contributed by atoms with van der Waals surface area (Å²) in [6.07, 6.45) is 3.72. The highest BCUT2D eigenvalue weighted by atomic mass is 16.5. The van der Waals surface area contributed by atoms with Gasteiger partial charge in [-0.1, -0.05) is 48.5 Å². The van der Waals surface area contributed by atoms with Gasteiger partial charge in [-0.15, -0.1) is 0 Å². The number of ether oxygens (including phenoxy) is 1. The highest BCUT2D eigenvalue weighted by Gasteiger charge is 2.49. The molecule has 1 unspecified atom stereocenters. The van der Waals surface area contributed by atoms with Crippen molar-refractivity contribution in [1.82, 2.24) is 10.2 Å². The molecule has 34 heavy (non-hydrogen) atoms. The zero-order chi connectivity index (χ0) is 23.7. The van der Waals surface area contributed by atoms with Gasteiger partial charge in [0.15, 0.2) is 0 Å². The summed E-state index contributed by atoms with van der Waals surface area (Å²) >= 11 is 0. The van der Waals surface area contributed by atoms with Gasteiger partial charge in [0.25, 0.3) is 0 Å². The molecule has 7 heteroatoms. The van der Waals surface area contributed by atoms with Crippen molar-refractivity contribution in [3.63, 3.8) is 0 Å². The fourth-order valence-corrected chi connectivity index (χ4v) is 5.71. The Morgan fingerprint density at radius 2 is 1.62 bits per heavy atom. The molecule has 1 atom stereocenters. The number of nitrogens with one attached hydrogen (secondary N) is 1. The third-order valence-electron chi connectivity index (χ3n) is 7.60. The number of rotatable bonds is 6. The summed E-state index contributed by atoms with van der Waals surface area (Å²) in [5.41, 5.74) is 3.60. The molecule has 1 heterocycles. The molecular weight excluding hydrogens is 432 g/mol. The van der Waals surface area contributed by atoms with Gasteiger partial charge >= 0.3 is 12.1 Å². The Hall–Kier alpha value is -3.35. The average molecular weight is 463 g/mol. The molecule has 0 radical (unpaired) electrons. The van der Waals surface area contributed by atoms with Gasteiger partial charge in [0.05, 0.1) is 6.42 Å². The first-order chi connectivity index (χ1) is 16.5. The number of carbonyl (C=O) groups is 3. The zero-order valence-corrected chi connectivity index (χ0v) is 19.2. The summed E-state index contributed by atoms with van der Waals surface area (Å²) < 4.78 is 5.69. The number of carboxylic acid groups (broad SMARTS) is 1. The Morgan fingerprint density at radius 1 is 0.971 bits per heavy atom. The number of carbonyl (C=O) groups excluding carboxylic acids is 2. The second-order valence-corrected chi connectivity index (χ2v) is 9.63. The number of carboxylic acids is 1. The summed E-state index contributed by atoms with van der Waals surface area (Å²) in [7, 11) is 0. The minimum absolute atomic E-state index is 0.0479. The lowest BCUT2D eigenvalue weighted by Gasteiger charge is -2.46. The van der Waals surface area contributed by atoms with Crippen molar-refractivity contribution < 1.29 is 24.2 Å². The maximum atomic E-state index is 13.5. The van der Waals surface area contributed by atoms with Crippen LogP contribution in [0.15, 0.2) is 48.5 Å². The van der Waals surface area contributed by atoms with Crippen LogP contribution in [0.1, 0.15) is 62.0 Å². The Bertz CT molecular complexity index is 1060. The molecule has 1 saturated heterocycles. The van der Waals surface area contributed by atoms with Crippen molar-refractivity contribution in [2.24, 2.45) is 0 Å². The molecule has 3 aliphatic rings. The number of piperidine rings is 1. The van der Waals surface area contributed by atoms with Gasteiger partial charge in [0.1, 0.15) is 12.1 Å². The normalized spacial score (nSPS) is 20.6. The van der Waals surface area contributed by atoms with Gasteiger partial charge < -0.3 is 20.1 Å². The van der Waals surface area contributed by atoms with Gasteiger partial charge in [-0.3, -0.25) is 9.59 Å². The van der Waals surface area contributed by atoms with E-state index in [0.29, 0.717) is 25.8 Å². The molecule has 2 aromatic rings. The van der Waals surface area contributed by atoms with E-state index in [1.807, 2.05) is 24.3 Å². The van der Waals surface area contributed by atoms with E-state index < -0.39 is 17.6 Å². The van der Waals surface area contributed by atoms with Crippen molar-refractivity contribution in [3.8, 4) is 11.1 Å². The first kappa shape index (κ1) is 22.4. The molecule has 0 spiro atoms. The van der Waals surface area contributed by atoms with Crippen LogP contribution in [-0.4, -0.2) is 52.7 Å². The van der Waals surface area contributed by atoms with Crippen LogP contribution in [0.2, 0.25) is 0 Å². The largest absolute Gasteiger partial charge is 0.481 e. The zero-order valence-electron chi connectivity index (χ0n) is 19.2. The van der Waals surface area contributed by atoms with E-state index in [4.69, 9.17) is 4.74 Å². The Morgan fingerprint density at radius 3 is 2.21 bits per heavy atom. The lowest BCUT2D eigenvalue weighted by molar-refractivity contribution is -0.148. The maximum Gasteiger partial charge on any atom is 0.408 e. The first-order valence-electron chi connectivity index (χ1n) is 12.1. The third-order valence-corrected chi connectivity index (χ3v) is 7.60. The minimum atomic E-state index is -0.989. The van der Waals surface area contributed by atoms with Crippen LogP contribution in [-0.2, 0) is 14.3 Å². The van der Waals surface area contributed by atoms with Crippen LogP contribution in [0.5, 0.6) is 0 Å². The lowest BCUT2D eigenvalue weighted by Crippen LogP contribution is -2.65. The molecule has 2 aromatic carbocycles. The van der Waals surface area contributed by atoms with E-state index in [1.165, 1.54) is 0 Å². The van der Waals surface area contributed by atoms with Crippen molar-refractivity contribution in [3.05, 3.63) is 59.7 Å².